The summed E-state index contributed by atoms with van der Waals surface area (Å²) in [6.07, 6.45) is 0.0121. The van der Waals surface area contributed by atoms with E-state index in [0.717, 1.165) is 17.3 Å². The number of esters is 1. The summed E-state index contributed by atoms with van der Waals surface area (Å²) < 4.78 is 5.07. The lowest BCUT2D eigenvalue weighted by atomic mass is 10.1. The van der Waals surface area contributed by atoms with Crippen molar-refractivity contribution < 1.29 is 24.0 Å². The van der Waals surface area contributed by atoms with Crippen LogP contribution < -0.4 is 4.90 Å². The zero-order valence-corrected chi connectivity index (χ0v) is 15.2. The summed E-state index contributed by atoms with van der Waals surface area (Å²) in [5.41, 5.74) is 1.54. The number of anilines is 1. The van der Waals surface area contributed by atoms with Gasteiger partial charge in [-0.2, -0.15) is 0 Å². The highest BCUT2D eigenvalue weighted by molar-refractivity contribution is 6.01. The number of nitro benzene ring substituents is 1. The van der Waals surface area contributed by atoms with Gasteiger partial charge in [-0.05, 0) is 18.6 Å². The van der Waals surface area contributed by atoms with Gasteiger partial charge in [-0.1, -0.05) is 30.3 Å². The quantitative estimate of drug-likeness (QED) is 0.329. The third kappa shape index (κ3) is 4.06. The van der Waals surface area contributed by atoms with E-state index in [1.807, 2.05) is 31.2 Å². The molecule has 2 aromatic rings. The molecule has 1 saturated heterocycles. The van der Waals surface area contributed by atoms with Gasteiger partial charge in [-0.15, -0.1) is 0 Å². The van der Waals surface area contributed by atoms with Crippen LogP contribution in [-0.2, 0) is 14.3 Å². The number of carbonyl (C=O) groups is 3. The first-order valence-corrected chi connectivity index (χ1v) is 8.67. The first-order valence-electron chi connectivity index (χ1n) is 8.67. The fourth-order valence-electron chi connectivity index (χ4n) is 3.10. The minimum absolute atomic E-state index is 0.0121. The highest BCUT2D eigenvalue weighted by atomic mass is 16.6. The topological polar surface area (TPSA) is 107 Å². The SMILES string of the molecule is Cc1ccccc1N1C[C@H](C(=O)OCC(=O)c2cccc([N+](=O)[O-])c2)CC1=O. The Labute approximate surface area is 160 Å². The molecule has 0 aromatic heterocycles. The number of hydrogen-bond acceptors (Lipinski definition) is 6. The smallest absolute Gasteiger partial charge is 0.311 e. The van der Waals surface area contributed by atoms with Crippen LogP contribution in [0.2, 0.25) is 0 Å². The molecule has 1 amide bonds. The van der Waals surface area contributed by atoms with Crippen molar-refractivity contribution in [3.63, 3.8) is 0 Å². The molecule has 0 N–H and O–H groups in total. The van der Waals surface area contributed by atoms with Gasteiger partial charge in [-0.25, -0.2) is 0 Å². The van der Waals surface area contributed by atoms with Gasteiger partial charge in [0, 0.05) is 36.3 Å². The molecule has 1 fully saturated rings. The first kappa shape index (κ1) is 19.2. The highest BCUT2D eigenvalue weighted by Gasteiger charge is 2.36. The van der Waals surface area contributed by atoms with Gasteiger partial charge in [0.25, 0.3) is 5.69 Å². The molecule has 0 radical (unpaired) electrons. The van der Waals surface area contributed by atoms with Crippen molar-refractivity contribution in [2.75, 3.05) is 18.1 Å². The lowest BCUT2D eigenvalue weighted by Crippen LogP contribution is -2.27. The van der Waals surface area contributed by atoms with Gasteiger partial charge in [0.1, 0.15) is 0 Å². The number of ketones is 1. The Kier molecular flexibility index (Phi) is 5.49. The van der Waals surface area contributed by atoms with E-state index in [9.17, 15) is 24.5 Å². The molecule has 1 heterocycles. The fourth-order valence-corrected chi connectivity index (χ4v) is 3.10. The molecular formula is C20H18N2O6. The van der Waals surface area contributed by atoms with E-state index in [1.165, 1.54) is 18.2 Å². The maximum atomic E-state index is 12.3. The molecule has 1 aliphatic heterocycles. The first-order chi connectivity index (χ1) is 13.4. The van der Waals surface area contributed by atoms with Gasteiger partial charge in [-0.3, -0.25) is 24.5 Å². The number of ether oxygens (including phenoxy) is 1. The van der Waals surface area contributed by atoms with Crippen molar-refractivity contribution in [2.24, 2.45) is 5.92 Å². The molecule has 28 heavy (non-hydrogen) atoms. The zero-order valence-electron chi connectivity index (χ0n) is 15.2. The lowest BCUT2D eigenvalue weighted by Gasteiger charge is -2.18. The van der Waals surface area contributed by atoms with Crippen LogP contribution in [0.25, 0.3) is 0 Å². The molecule has 3 rings (SSSR count). The zero-order chi connectivity index (χ0) is 20.3. The molecule has 0 aliphatic carbocycles. The van der Waals surface area contributed by atoms with Crippen molar-refractivity contribution >= 4 is 29.0 Å². The van der Waals surface area contributed by atoms with Crippen LogP contribution in [0.15, 0.2) is 48.5 Å². The van der Waals surface area contributed by atoms with Gasteiger partial charge < -0.3 is 9.64 Å². The van der Waals surface area contributed by atoms with Crippen LogP contribution in [0.1, 0.15) is 22.3 Å². The van der Waals surface area contributed by atoms with E-state index < -0.39 is 29.2 Å². The molecule has 1 atom stereocenters. The van der Waals surface area contributed by atoms with Crippen molar-refractivity contribution in [1.29, 1.82) is 0 Å². The number of Topliss-reactive ketones (excluding diaryl/α,β-unsaturated/α-hetero) is 1. The van der Waals surface area contributed by atoms with Crippen molar-refractivity contribution in [3.8, 4) is 0 Å². The van der Waals surface area contributed by atoms with E-state index >= 15 is 0 Å². The monoisotopic (exact) mass is 382 g/mol. The normalized spacial score (nSPS) is 16.1. The number of rotatable bonds is 6. The van der Waals surface area contributed by atoms with Crippen molar-refractivity contribution in [3.05, 3.63) is 69.8 Å². The summed E-state index contributed by atoms with van der Waals surface area (Å²) in [6, 6.07) is 12.6. The Hall–Kier alpha value is -3.55. The number of benzene rings is 2. The Morgan fingerprint density at radius 1 is 1.21 bits per heavy atom. The van der Waals surface area contributed by atoms with Crippen LogP contribution in [0, 0.1) is 23.0 Å². The molecule has 1 aliphatic rings. The summed E-state index contributed by atoms with van der Waals surface area (Å²) in [4.78, 5) is 48.5. The molecule has 0 saturated carbocycles. The van der Waals surface area contributed by atoms with Crippen molar-refractivity contribution in [1.82, 2.24) is 0 Å². The molecule has 8 nitrogen and oxygen atoms in total. The Bertz CT molecular complexity index is 955. The number of non-ortho nitro benzene ring substituents is 1. The Balaban J connectivity index is 1.60. The van der Waals surface area contributed by atoms with Gasteiger partial charge in [0.2, 0.25) is 11.7 Å². The number of para-hydroxylation sites is 1. The van der Waals surface area contributed by atoms with Gasteiger partial charge >= 0.3 is 5.97 Å². The number of aryl methyl sites for hydroxylation is 1. The summed E-state index contributed by atoms with van der Waals surface area (Å²) in [6.45, 7) is 1.54. The maximum Gasteiger partial charge on any atom is 0.311 e. The molecule has 0 bridgehead atoms. The third-order valence-corrected chi connectivity index (χ3v) is 4.59. The molecule has 0 unspecified atom stereocenters. The van der Waals surface area contributed by atoms with E-state index in [0.29, 0.717) is 0 Å². The minimum Gasteiger partial charge on any atom is -0.457 e. The second-order valence-corrected chi connectivity index (χ2v) is 6.53. The number of amides is 1. The standard InChI is InChI=1S/C20H18N2O6/c1-13-5-2-3-8-17(13)21-11-15(10-19(21)24)20(25)28-12-18(23)14-6-4-7-16(9-14)22(26)27/h2-9,15H,10-12H2,1H3/t15-/m1/s1. The number of carbonyl (C=O) groups excluding carboxylic acids is 3. The second-order valence-electron chi connectivity index (χ2n) is 6.53. The van der Waals surface area contributed by atoms with E-state index in [4.69, 9.17) is 4.74 Å². The van der Waals surface area contributed by atoms with Gasteiger partial charge in [0.15, 0.2) is 6.61 Å². The van der Waals surface area contributed by atoms with Crippen LogP contribution in [0.3, 0.4) is 0 Å². The lowest BCUT2D eigenvalue weighted by molar-refractivity contribution is -0.384. The van der Waals surface area contributed by atoms with Crippen LogP contribution in [-0.4, -0.2) is 35.7 Å². The van der Waals surface area contributed by atoms with Crippen molar-refractivity contribution in [2.45, 2.75) is 13.3 Å². The van der Waals surface area contributed by atoms with Gasteiger partial charge in [0.05, 0.1) is 10.8 Å². The predicted octanol–water partition coefficient (Wildman–Crippen LogP) is 2.68. The summed E-state index contributed by atoms with van der Waals surface area (Å²) in [5.74, 6) is -2.02. The van der Waals surface area contributed by atoms with Crippen LogP contribution in [0.4, 0.5) is 11.4 Å². The third-order valence-electron chi connectivity index (χ3n) is 4.59. The Morgan fingerprint density at radius 3 is 2.68 bits per heavy atom. The molecule has 2 aromatic carbocycles. The summed E-state index contributed by atoms with van der Waals surface area (Å²) in [5, 5.41) is 10.8. The Morgan fingerprint density at radius 2 is 1.96 bits per heavy atom. The predicted molar refractivity (Wildman–Crippen MR) is 100 cm³/mol. The molecule has 144 valence electrons. The van der Waals surface area contributed by atoms with E-state index in [2.05, 4.69) is 0 Å². The van der Waals surface area contributed by atoms with E-state index in [1.54, 1.807) is 4.90 Å². The highest BCUT2D eigenvalue weighted by Crippen LogP contribution is 2.28. The number of nitro groups is 1. The van der Waals surface area contributed by atoms with Crippen LogP contribution in [0.5, 0.6) is 0 Å². The number of nitrogens with zero attached hydrogens (tertiary/aromatic N) is 2. The average molecular weight is 382 g/mol. The maximum absolute atomic E-state index is 12.3. The fraction of sp³-hybridized carbons (Fsp3) is 0.250. The average Bonchev–Trinajstić information content (AvgIpc) is 3.08. The van der Waals surface area contributed by atoms with Crippen LogP contribution >= 0.6 is 0 Å². The summed E-state index contributed by atoms with van der Waals surface area (Å²) in [7, 11) is 0. The molecule has 0 spiro atoms. The van der Waals surface area contributed by atoms with E-state index in [-0.39, 0.29) is 30.1 Å². The largest absolute Gasteiger partial charge is 0.457 e. The minimum atomic E-state index is -0.662. The number of hydrogen-bond donors (Lipinski definition) is 0. The molecule has 8 heteroatoms. The second kappa shape index (κ2) is 7.99. The molecular weight excluding hydrogens is 364 g/mol. The summed E-state index contributed by atoms with van der Waals surface area (Å²) >= 11 is 0.